The Hall–Kier alpha value is -3.47. The number of nitrogens with zero attached hydrogens (tertiary/aromatic N) is 4. The first-order chi connectivity index (χ1) is 18.5. The summed E-state index contributed by atoms with van der Waals surface area (Å²) in [5, 5.41) is 5.83. The Labute approximate surface area is 232 Å². The minimum absolute atomic E-state index is 0.121. The lowest BCUT2D eigenvalue weighted by molar-refractivity contribution is 0.0987. The number of carbonyl (C=O) groups is 1. The molecule has 0 N–H and O–H groups in total. The van der Waals surface area contributed by atoms with E-state index in [1.54, 1.807) is 12.3 Å². The van der Waals surface area contributed by atoms with E-state index in [2.05, 4.69) is 10.1 Å². The van der Waals surface area contributed by atoms with Gasteiger partial charge in [0.15, 0.2) is 0 Å². The molecule has 0 saturated carbocycles. The number of aromatic nitrogens is 1. The van der Waals surface area contributed by atoms with Crippen LogP contribution in [0.25, 0.3) is 10.2 Å². The largest absolute Gasteiger partial charge is 0.280 e. The molecule has 0 atom stereocenters. The summed E-state index contributed by atoms with van der Waals surface area (Å²) in [6.07, 6.45) is 1.54. The van der Waals surface area contributed by atoms with Crippen LogP contribution in [0, 0.1) is 17.7 Å². The Morgan fingerprint density at radius 2 is 1.62 bits per heavy atom. The molecule has 4 rings (SSSR count). The fraction of sp³-hybridized carbons (Fsp3) is 0.276. The zero-order chi connectivity index (χ0) is 28.2. The molecule has 1 aromatic heterocycles. The van der Waals surface area contributed by atoms with Crippen molar-refractivity contribution in [3.05, 3.63) is 89.7 Å². The maximum absolute atomic E-state index is 13.8. The summed E-state index contributed by atoms with van der Waals surface area (Å²) in [4.78, 5) is 18.3. The molecule has 1 amide bonds. The smallest absolute Gasteiger partial charge is 0.267 e. The van der Waals surface area contributed by atoms with Gasteiger partial charge in [0.05, 0.1) is 21.3 Å². The molecule has 3 aromatic carbocycles. The van der Waals surface area contributed by atoms with Gasteiger partial charge in [0.1, 0.15) is 5.82 Å². The van der Waals surface area contributed by atoms with Crippen LogP contribution in [0.5, 0.6) is 0 Å². The van der Waals surface area contributed by atoms with Crippen molar-refractivity contribution in [3.8, 4) is 0 Å². The molecular formula is C29H31FN4O3S2. The van der Waals surface area contributed by atoms with Crippen molar-refractivity contribution >= 4 is 48.8 Å². The molecule has 0 saturated heterocycles. The molecule has 0 aliphatic rings. The number of hydrogen-bond donors (Lipinski definition) is 0. The van der Waals surface area contributed by atoms with Crippen molar-refractivity contribution < 1.29 is 17.6 Å². The highest BCUT2D eigenvalue weighted by atomic mass is 32.2. The second-order valence-corrected chi connectivity index (χ2v) is 13.0. The van der Waals surface area contributed by atoms with E-state index >= 15 is 0 Å². The van der Waals surface area contributed by atoms with E-state index in [4.69, 9.17) is 0 Å². The zero-order valence-corrected chi connectivity index (χ0v) is 23.9. The fourth-order valence-electron chi connectivity index (χ4n) is 3.96. The quantitative estimate of drug-likeness (QED) is 0.164. The second-order valence-electron chi connectivity index (χ2n) is 10.0. The van der Waals surface area contributed by atoms with Crippen LogP contribution in [0.15, 0.2) is 82.8 Å². The Morgan fingerprint density at radius 3 is 2.23 bits per heavy atom. The molecule has 0 aliphatic heterocycles. The number of amides is 1. The van der Waals surface area contributed by atoms with Crippen molar-refractivity contribution in [2.45, 2.75) is 32.6 Å². The third-order valence-corrected chi connectivity index (χ3v) is 8.55. The molecule has 0 radical (unpaired) electrons. The lowest BCUT2D eigenvalue weighted by Crippen LogP contribution is -2.37. The van der Waals surface area contributed by atoms with Crippen molar-refractivity contribution in [1.82, 2.24) is 9.29 Å². The number of carbonyl (C=O) groups excluding carboxylic acids is 1. The van der Waals surface area contributed by atoms with E-state index in [-0.39, 0.29) is 27.4 Å². The number of hydrazone groups is 1. The van der Waals surface area contributed by atoms with E-state index in [0.29, 0.717) is 23.3 Å². The predicted octanol–water partition coefficient (Wildman–Crippen LogP) is 6.42. The van der Waals surface area contributed by atoms with Gasteiger partial charge >= 0.3 is 0 Å². The summed E-state index contributed by atoms with van der Waals surface area (Å²) in [5.74, 6) is -0.564. The van der Waals surface area contributed by atoms with Gasteiger partial charge in [-0.2, -0.15) is 14.4 Å². The van der Waals surface area contributed by atoms with Crippen LogP contribution in [0.4, 0.5) is 9.52 Å². The van der Waals surface area contributed by atoms with Gasteiger partial charge in [-0.05, 0) is 59.9 Å². The predicted molar refractivity (Wildman–Crippen MR) is 155 cm³/mol. The minimum Gasteiger partial charge on any atom is -0.267 e. The number of anilines is 1. The maximum Gasteiger partial charge on any atom is 0.280 e. The first kappa shape index (κ1) is 28.5. The lowest BCUT2D eigenvalue weighted by Gasteiger charge is -2.25. The normalized spacial score (nSPS) is 12.3. The maximum atomic E-state index is 13.8. The molecule has 0 fully saturated rings. The van der Waals surface area contributed by atoms with Gasteiger partial charge < -0.3 is 0 Å². The molecule has 0 aliphatic carbocycles. The van der Waals surface area contributed by atoms with Crippen LogP contribution in [0.2, 0.25) is 0 Å². The highest BCUT2D eigenvalue weighted by Gasteiger charge is 2.27. The molecule has 0 bridgehead atoms. The van der Waals surface area contributed by atoms with Gasteiger partial charge in [0.2, 0.25) is 15.2 Å². The standard InChI is InChI=1S/C29H31FN4O3S2/c1-20(2)18-33(19-21(3)4)39(36,37)25-13-10-23(11-14-25)28(35)34(31-17-22-8-6-5-7-9-22)29-32-26-15-12-24(30)16-27(26)38-29/h5-17,20-21H,18-19H2,1-4H3/b31-17+. The highest BCUT2D eigenvalue weighted by molar-refractivity contribution is 7.89. The van der Waals surface area contributed by atoms with Gasteiger partial charge in [0.25, 0.3) is 5.91 Å². The Morgan fingerprint density at radius 1 is 0.974 bits per heavy atom. The molecule has 0 unspecified atom stereocenters. The summed E-state index contributed by atoms with van der Waals surface area (Å²) in [6, 6.07) is 19.4. The van der Waals surface area contributed by atoms with Crippen LogP contribution >= 0.6 is 11.3 Å². The van der Waals surface area contributed by atoms with Gasteiger partial charge in [-0.3, -0.25) is 4.79 Å². The first-order valence-electron chi connectivity index (χ1n) is 12.6. The number of rotatable bonds is 10. The molecule has 7 nitrogen and oxygen atoms in total. The zero-order valence-electron chi connectivity index (χ0n) is 22.3. The number of sulfonamides is 1. The number of thiazole rings is 1. The Bertz CT molecular complexity index is 1560. The second kappa shape index (κ2) is 12.1. The van der Waals surface area contributed by atoms with E-state index in [9.17, 15) is 17.6 Å². The van der Waals surface area contributed by atoms with E-state index < -0.39 is 21.7 Å². The molecule has 204 valence electrons. The summed E-state index contributed by atoms with van der Waals surface area (Å²) in [6.45, 7) is 8.72. The van der Waals surface area contributed by atoms with Crippen LogP contribution < -0.4 is 5.01 Å². The molecule has 1 heterocycles. The lowest BCUT2D eigenvalue weighted by atomic mass is 10.2. The Balaban J connectivity index is 1.68. The Kier molecular flexibility index (Phi) is 8.89. The van der Waals surface area contributed by atoms with Crippen molar-refractivity contribution in [1.29, 1.82) is 0 Å². The SMILES string of the molecule is CC(C)CN(CC(C)C)S(=O)(=O)c1ccc(C(=O)N(/N=C/c2ccccc2)c2nc3ccc(F)cc3s2)cc1. The first-order valence-corrected chi connectivity index (χ1v) is 14.9. The van der Waals surface area contributed by atoms with Crippen LogP contribution in [0.3, 0.4) is 0 Å². The van der Waals surface area contributed by atoms with Crippen LogP contribution in [0.1, 0.15) is 43.6 Å². The molecule has 0 spiro atoms. The average Bonchev–Trinajstić information content (AvgIpc) is 3.31. The average molecular weight is 567 g/mol. The molecule has 4 aromatic rings. The molecular weight excluding hydrogens is 535 g/mol. The van der Waals surface area contributed by atoms with Crippen LogP contribution in [-0.4, -0.2) is 42.9 Å². The minimum atomic E-state index is -3.74. The number of fused-ring (bicyclic) bond motifs is 1. The van der Waals surface area contributed by atoms with Crippen molar-refractivity contribution in [2.24, 2.45) is 16.9 Å². The highest BCUT2D eigenvalue weighted by Crippen LogP contribution is 2.31. The summed E-state index contributed by atoms with van der Waals surface area (Å²) in [7, 11) is -3.74. The van der Waals surface area contributed by atoms with Crippen molar-refractivity contribution in [2.75, 3.05) is 18.1 Å². The monoisotopic (exact) mass is 566 g/mol. The summed E-state index contributed by atoms with van der Waals surface area (Å²) < 4.78 is 42.6. The number of halogens is 1. The van der Waals surface area contributed by atoms with E-state index in [0.717, 1.165) is 21.9 Å². The number of hydrogen-bond acceptors (Lipinski definition) is 6. The third-order valence-electron chi connectivity index (χ3n) is 5.71. The fourth-order valence-corrected chi connectivity index (χ4v) is 6.67. The van der Waals surface area contributed by atoms with Crippen LogP contribution in [-0.2, 0) is 10.0 Å². The molecule has 39 heavy (non-hydrogen) atoms. The van der Waals surface area contributed by atoms with Gasteiger partial charge in [0, 0.05) is 18.7 Å². The third kappa shape index (κ3) is 6.95. The topological polar surface area (TPSA) is 82.9 Å². The van der Waals surface area contributed by atoms with E-state index in [1.165, 1.54) is 40.7 Å². The number of benzene rings is 3. The van der Waals surface area contributed by atoms with Crippen molar-refractivity contribution in [3.63, 3.8) is 0 Å². The summed E-state index contributed by atoms with van der Waals surface area (Å²) >= 11 is 1.14. The molecule has 10 heteroatoms. The summed E-state index contributed by atoms with van der Waals surface area (Å²) in [5.41, 5.74) is 1.56. The van der Waals surface area contributed by atoms with Gasteiger partial charge in [-0.15, -0.1) is 0 Å². The van der Waals surface area contributed by atoms with Gasteiger partial charge in [-0.1, -0.05) is 69.4 Å². The van der Waals surface area contributed by atoms with Gasteiger partial charge in [-0.25, -0.2) is 17.8 Å². The van der Waals surface area contributed by atoms with E-state index in [1.807, 2.05) is 58.0 Å².